The van der Waals surface area contributed by atoms with Crippen LogP contribution in [0.3, 0.4) is 0 Å². The topological polar surface area (TPSA) is 98.3 Å². The zero-order valence-electron chi connectivity index (χ0n) is 15.0. The van der Waals surface area contributed by atoms with Crippen molar-refractivity contribution in [3.8, 4) is 0 Å². The number of nitrogens with zero attached hydrogens (tertiary/aromatic N) is 2. The number of hydrogen-bond donors (Lipinski definition) is 3. The number of aromatic carboxylic acids is 1. The lowest BCUT2D eigenvalue weighted by atomic mass is 9.95. The van der Waals surface area contributed by atoms with Crippen molar-refractivity contribution in [1.82, 2.24) is 14.9 Å². The summed E-state index contributed by atoms with van der Waals surface area (Å²) >= 11 is 3.24. The van der Waals surface area contributed by atoms with Gasteiger partial charge in [-0.2, -0.15) is 0 Å². The fraction of sp³-hybridized carbons (Fsp3) is 0.150. The molecule has 0 spiro atoms. The Morgan fingerprint density at radius 1 is 1.28 bits per heavy atom. The molecule has 2 aromatic carbocycles. The highest BCUT2D eigenvalue weighted by Gasteiger charge is 2.36. The minimum absolute atomic E-state index is 0.0234. The molecule has 0 unspecified atom stereocenters. The molecule has 1 aliphatic heterocycles. The molecule has 0 fully saturated rings. The molecule has 1 aromatic heterocycles. The summed E-state index contributed by atoms with van der Waals surface area (Å²) in [5.74, 6) is -1.62. The van der Waals surface area contributed by atoms with Crippen LogP contribution in [0.5, 0.6) is 0 Å². The van der Waals surface area contributed by atoms with Crippen LogP contribution in [0.15, 0.2) is 53.3 Å². The van der Waals surface area contributed by atoms with E-state index in [1.807, 2.05) is 0 Å². The number of anilines is 1. The van der Waals surface area contributed by atoms with Crippen LogP contribution in [-0.2, 0) is 6.42 Å². The predicted molar refractivity (Wildman–Crippen MR) is 107 cm³/mol. The van der Waals surface area contributed by atoms with Crippen molar-refractivity contribution >= 4 is 33.6 Å². The monoisotopic (exact) mass is 458 g/mol. The maximum absolute atomic E-state index is 14.8. The largest absolute Gasteiger partial charge is 0.478 e. The molecule has 0 radical (unpaired) electrons. The molecule has 0 bridgehead atoms. The Hall–Kier alpha value is -3.20. The lowest BCUT2D eigenvalue weighted by Crippen LogP contribution is -2.43. The molecule has 0 saturated carbocycles. The normalized spacial score (nSPS) is 15.7. The number of benzene rings is 2. The Morgan fingerprint density at radius 2 is 2.07 bits per heavy atom. The van der Waals surface area contributed by atoms with Crippen molar-refractivity contribution in [1.29, 1.82) is 0 Å². The number of amides is 2. The van der Waals surface area contributed by atoms with Crippen LogP contribution < -0.4 is 5.32 Å². The molecule has 3 N–H and O–H groups in total. The molecule has 9 heteroatoms. The van der Waals surface area contributed by atoms with E-state index in [9.17, 15) is 19.1 Å². The highest BCUT2D eigenvalue weighted by molar-refractivity contribution is 9.10. The number of para-hydroxylation sites is 1. The summed E-state index contributed by atoms with van der Waals surface area (Å²) in [6, 6.07) is 9.52. The predicted octanol–water partition coefficient (Wildman–Crippen LogP) is 4.19. The van der Waals surface area contributed by atoms with Crippen LogP contribution in [0.1, 0.15) is 33.4 Å². The van der Waals surface area contributed by atoms with Crippen molar-refractivity contribution in [2.45, 2.75) is 12.5 Å². The van der Waals surface area contributed by atoms with Crippen LogP contribution >= 0.6 is 15.9 Å². The lowest BCUT2D eigenvalue weighted by Gasteiger charge is -2.35. The number of rotatable bonds is 3. The van der Waals surface area contributed by atoms with Crippen LogP contribution in [-0.4, -0.2) is 38.5 Å². The number of imidazole rings is 1. The molecular weight excluding hydrogens is 443 g/mol. The summed E-state index contributed by atoms with van der Waals surface area (Å²) in [5, 5.41) is 12.0. The number of carbonyl (C=O) groups excluding carboxylic acids is 1. The van der Waals surface area contributed by atoms with Gasteiger partial charge in [0, 0.05) is 28.7 Å². The van der Waals surface area contributed by atoms with Gasteiger partial charge in [0.05, 0.1) is 23.3 Å². The third-order valence-electron chi connectivity index (χ3n) is 4.84. The zero-order valence-corrected chi connectivity index (χ0v) is 16.6. The van der Waals surface area contributed by atoms with E-state index in [1.165, 1.54) is 29.4 Å². The van der Waals surface area contributed by atoms with Crippen molar-refractivity contribution in [3.05, 3.63) is 81.6 Å². The number of urea groups is 1. The highest BCUT2D eigenvalue weighted by Crippen LogP contribution is 2.36. The maximum Gasteiger partial charge on any atom is 0.337 e. The average Bonchev–Trinajstić information content (AvgIpc) is 3.16. The first-order valence-corrected chi connectivity index (χ1v) is 9.62. The fourth-order valence-corrected chi connectivity index (χ4v) is 3.83. The number of aromatic amines is 1. The molecule has 1 atom stereocenters. The summed E-state index contributed by atoms with van der Waals surface area (Å²) in [6.45, 7) is 0.316. The van der Waals surface area contributed by atoms with Gasteiger partial charge in [0.15, 0.2) is 0 Å². The summed E-state index contributed by atoms with van der Waals surface area (Å²) in [5.41, 5.74) is 1.87. The fourth-order valence-electron chi connectivity index (χ4n) is 3.50. The number of carboxylic acid groups (broad SMARTS) is 1. The van der Waals surface area contributed by atoms with Gasteiger partial charge in [-0.15, -0.1) is 0 Å². The van der Waals surface area contributed by atoms with Gasteiger partial charge in [-0.25, -0.2) is 19.0 Å². The molecule has 4 rings (SSSR count). The second kappa shape index (κ2) is 7.67. The molecule has 2 heterocycles. The Bertz CT molecular complexity index is 1100. The number of aromatic nitrogens is 2. The second-order valence-corrected chi connectivity index (χ2v) is 7.47. The number of hydrogen-bond acceptors (Lipinski definition) is 3. The number of nitrogens with one attached hydrogen (secondary N) is 2. The van der Waals surface area contributed by atoms with E-state index in [1.54, 1.807) is 24.3 Å². The molecule has 29 heavy (non-hydrogen) atoms. The van der Waals surface area contributed by atoms with E-state index in [-0.39, 0.29) is 11.3 Å². The number of carboxylic acids is 1. The smallest absolute Gasteiger partial charge is 0.337 e. The van der Waals surface area contributed by atoms with E-state index >= 15 is 0 Å². The van der Waals surface area contributed by atoms with Gasteiger partial charge in [-0.05, 0) is 24.3 Å². The van der Waals surface area contributed by atoms with Crippen LogP contribution in [0.25, 0.3) is 0 Å². The Labute approximate surface area is 173 Å². The number of halogens is 2. The van der Waals surface area contributed by atoms with Crippen LogP contribution in [0.2, 0.25) is 0 Å². The van der Waals surface area contributed by atoms with E-state index in [2.05, 4.69) is 31.2 Å². The van der Waals surface area contributed by atoms with Crippen molar-refractivity contribution < 1.29 is 19.1 Å². The number of fused-ring (bicyclic) bond motifs is 1. The van der Waals surface area contributed by atoms with E-state index < -0.39 is 23.9 Å². The van der Waals surface area contributed by atoms with E-state index in [0.717, 1.165) is 5.69 Å². The average molecular weight is 459 g/mol. The Morgan fingerprint density at radius 3 is 2.83 bits per heavy atom. The van der Waals surface area contributed by atoms with Gasteiger partial charge >= 0.3 is 12.0 Å². The van der Waals surface area contributed by atoms with Gasteiger partial charge in [0.2, 0.25) is 0 Å². The maximum atomic E-state index is 14.8. The number of H-pyrrole nitrogens is 1. The third-order valence-corrected chi connectivity index (χ3v) is 5.34. The SMILES string of the molecule is O=C(O)c1ccccc1NC(=O)N1CCc2[nH]cnc2[C@@H]1c1ccc(Br)cc1F. The first-order valence-electron chi connectivity index (χ1n) is 8.82. The first kappa shape index (κ1) is 19.1. The van der Waals surface area contributed by atoms with Crippen molar-refractivity contribution in [3.63, 3.8) is 0 Å². The quantitative estimate of drug-likeness (QED) is 0.547. The van der Waals surface area contributed by atoms with E-state index in [0.29, 0.717) is 28.7 Å². The minimum Gasteiger partial charge on any atom is -0.478 e. The van der Waals surface area contributed by atoms with Gasteiger partial charge in [0.25, 0.3) is 0 Å². The highest BCUT2D eigenvalue weighted by atomic mass is 79.9. The molecule has 7 nitrogen and oxygen atoms in total. The van der Waals surface area contributed by atoms with E-state index in [4.69, 9.17) is 0 Å². The van der Waals surface area contributed by atoms with Gasteiger partial charge in [-0.3, -0.25) is 0 Å². The minimum atomic E-state index is -1.15. The summed E-state index contributed by atoms with van der Waals surface area (Å²) < 4.78 is 15.4. The summed E-state index contributed by atoms with van der Waals surface area (Å²) in [4.78, 5) is 33.3. The van der Waals surface area contributed by atoms with Crippen molar-refractivity contribution in [2.24, 2.45) is 0 Å². The van der Waals surface area contributed by atoms with Gasteiger partial charge < -0.3 is 20.3 Å². The first-order chi connectivity index (χ1) is 14.0. The summed E-state index contributed by atoms with van der Waals surface area (Å²) in [7, 11) is 0. The molecule has 0 aliphatic carbocycles. The van der Waals surface area contributed by atoms with Crippen LogP contribution in [0.4, 0.5) is 14.9 Å². The third kappa shape index (κ3) is 3.61. The molecule has 1 aliphatic rings. The van der Waals surface area contributed by atoms with Crippen LogP contribution in [0, 0.1) is 5.82 Å². The summed E-state index contributed by atoms with van der Waals surface area (Å²) in [6.07, 6.45) is 2.05. The van der Waals surface area contributed by atoms with Crippen molar-refractivity contribution in [2.75, 3.05) is 11.9 Å². The zero-order chi connectivity index (χ0) is 20.5. The molecule has 2 amide bonds. The standard InChI is InChI=1S/C20H16BrFN4O3/c21-11-5-6-12(14(22)9-11)18-17-16(23-10-24-17)7-8-26(18)20(29)25-15-4-2-1-3-13(15)19(27)28/h1-6,9-10,18H,7-8H2,(H,23,24)(H,25,29)(H,27,28)/t18-/m0/s1. The van der Waals surface area contributed by atoms with Gasteiger partial charge in [-0.1, -0.05) is 34.1 Å². The van der Waals surface area contributed by atoms with Gasteiger partial charge in [0.1, 0.15) is 11.9 Å². The lowest BCUT2D eigenvalue weighted by molar-refractivity contribution is 0.0698. The number of carbonyl (C=O) groups is 2. The molecule has 3 aromatic rings. The molecule has 148 valence electrons. The molecular formula is C20H16BrFN4O3. The molecule has 0 saturated heterocycles. The second-order valence-electron chi connectivity index (χ2n) is 6.56. The Kier molecular flexibility index (Phi) is 5.06. The Balaban J connectivity index is 1.72.